The largest absolute Gasteiger partial charge is 0.444 e. The van der Waals surface area contributed by atoms with Crippen molar-refractivity contribution >= 4 is 34.0 Å². The molecule has 4 atom stereocenters. The Morgan fingerprint density at radius 1 is 1.07 bits per heavy atom. The molecule has 0 bridgehead atoms. The first-order valence-electron chi connectivity index (χ1n) is 15.1. The molecule has 42 heavy (non-hydrogen) atoms. The van der Waals surface area contributed by atoms with Crippen molar-refractivity contribution in [2.24, 2.45) is 5.92 Å². The number of carbonyl (C=O) groups is 4. The second kappa shape index (κ2) is 13.3. The van der Waals surface area contributed by atoms with E-state index in [0.717, 1.165) is 19.3 Å². The number of ether oxygens (including phenoxy) is 1. The molecule has 2 aliphatic heterocycles. The monoisotopic (exact) mass is 611 g/mol. The molecule has 0 aromatic carbocycles. The number of rotatable bonds is 6. The van der Waals surface area contributed by atoms with Gasteiger partial charge in [-0.1, -0.05) is 25.0 Å². The van der Waals surface area contributed by atoms with Gasteiger partial charge in [0.05, 0.1) is 0 Å². The molecule has 4 amide bonds. The van der Waals surface area contributed by atoms with Gasteiger partial charge in [-0.05, 0) is 87.0 Å². The number of hydrogen-bond acceptors (Lipinski definition) is 7. The lowest BCUT2D eigenvalue weighted by atomic mass is 10.0. The van der Waals surface area contributed by atoms with Crippen LogP contribution >= 0.6 is 0 Å². The fourth-order valence-electron chi connectivity index (χ4n) is 5.96. The van der Waals surface area contributed by atoms with E-state index >= 15 is 0 Å². The molecular weight excluding hydrogens is 562 g/mol. The Balaban J connectivity index is 1.86. The van der Waals surface area contributed by atoms with Gasteiger partial charge in [0, 0.05) is 24.5 Å². The van der Waals surface area contributed by atoms with Crippen molar-refractivity contribution in [3.05, 3.63) is 12.2 Å². The summed E-state index contributed by atoms with van der Waals surface area (Å²) >= 11 is 0. The molecule has 0 aromatic heterocycles. The first-order valence-corrected chi connectivity index (χ1v) is 16.6. The quantitative estimate of drug-likeness (QED) is 0.390. The van der Waals surface area contributed by atoms with Crippen LogP contribution in [0.1, 0.15) is 99.8 Å². The molecule has 13 heteroatoms. The molecule has 3 rings (SSSR count). The van der Waals surface area contributed by atoms with Gasteiger partial charge in [-0.25, -0.2) is 9.52 Å². The SMILES string of the molecule is CC(C)N(C(C)C)S(=O)(=O)NC(=O)[C@@]12C[C@@H]1/C=C\CCCCC[C@H](NC(=O)OC(C)(C)C)C(=O)N1CCC[C@H]1C(=O)N2. The number of nitrogens with zero attached hydrogens (tertiary/aromatic N) is 2. The minimum atomic E-state index is -4.18. The summed E-state index contributed by atoms with van der Waals surface area (Å²) in [6.07, 6.45) is 7.83. The average Bonchev–Trinajstić information content (AvgIpc) is 3.30. The Hall–Kier alpha value is -2.67. The van der Waals surface area contributed by atoms with Gasteiger partial charge in [0.15, 0.2) is 0 Å². The second-order valence-electron chi connectivity index (χ2n) is 13.2. The van der Waals surface area contributed by atoms with Crippen LogP contribution < -0.4 is 15.4 Å². The molecule has 0 unspecified atom stereocenters. The summed E-state index contributed by atoms with van der Waals surface area (Å²) in [5, 5.41) is 5.55. The molecule has 0 aromatic rings. The van der Waals surface area contributed by atoms with E-state index in [1.807, 2.05) is 12.2 Å². The van der Waals surface area contributed by atoms with Crippen LogP contribution in [-0.4, -0.2) is 83.3 Å². The van der Waals surface area contributed by atoms with Gasteiger partial charge >= 0.3 is 16.3 Å². The maximum Gasteiger partial charge on any atom is 0.408 e. The van der Waals surface area contributed by atoms with E-state index in [1.165, 1.54) is 9.21 Å². The number of alkyl carbamates (subject to hydrolysis) is 1. The summed E-state index contributed by atoms with van der Waals surface area (Å²) in [4.78, 5) is 55.0. The minimum Gasteiger partial charge on any atom is -0.444 e. The van der Waals surface area contributed by atoms with Gasteiger partial charge in [-0.15, -0.1) is 0 Å². The van der Waals surface area contributed by atoms with Gasteiger partial charge in [0.1, 0.15) is 23.2 Å². The maximum absolute atomic E-state index is 13.7. The Labute approximate surface area is 250 Å². The van der Waals surface area contributed by atoms with E-state index in [4.69, 9.17) is 4.74 Å². The molecule has 0 radical (unpaired) electrons. The predicted molar refractivity (Wildman–Crippen MR) is 158 cm³/mol. The average molecular weight is 612 g/mol. The Morgan fingerprint density at radius 2 is 1.74 bits per heavy atom. The lowest BCUT2D eigenvalue weighted by Crippen LogP contribution is -2.59. The molecule has 1 saturated carbocycles. The third-order valence-corrected chi connectivity index (χ3v) is 9.68. The van der Waals surface area contributed by atoms with Crippen LogP contribution in [0.2, 0.25) is 0 Å². The second-order valence-corrected chi connectivity index (χ2v) is 14.8. The zero-order chi connectivity index (χ0) is 31.5. The van der Waals surface area contributed by atoms with Crippen molar-refractivity contribution in [2.45, 2.75) is 135 Å². The first-order chi connectivity index (χ1) is 19.5. The standard InChI is InChI=1S/C29H49N5O7S/c1-19(2)34(20(3)4)42(39,40)32-26(37)29-18-21(29)14-11-9-8-10-12-15-22(30-27(38)41-28(5,6)7)25(36)33-17-13-16-23(33)24(35)31-29/h11,14,19-23H,8-10,12-13,15-18H2,1-7H3,(H,30,38)(H,31,35)(H,32,37)/b14-11-/t21-,22-,23-,29+/m0/s1. The van der Waals surface area contributed by atoms with Crippen LogP contribution in [0, 0.1) is 5.92 Å². The molecule has 0 spiro atoms. The molecule has 2 heterocycles. The van der Waals surface area contributed by atoms with Crippen molar-refractivity contribution in [3.63, 3.8) is 0 Å². The van der Waals surface area contributed by atoms with E-state index in [9.17, 15) is 27.6 Å². The summed E-state index contributed by atoms with van der Waals surface area (Å²) in [7, 11) is -4.18. The van der Waals surface area contributed by atoms with Crippen molar-refractivity contribution in [3.8, 4) is 0 Å². The highest BCUT2D eigenvalue weighted by atomic mass is 32.2. The van der Waals surface area contributed by atoms with Gasteiger partial charge < -0.3 is 20.3 Å². The van der Waals surface area contributed by atoms with Gasteiger partial charge in [-0.2, -0.15) is 12.7 Å². The van der Waals surface area contributed by atoms with Crippen LogP contribution in [0.3, 0.4) is 0 Å². The number of amides is 4. The third kappa shape index (κ3) is 8.24. The van der Waals surface area contributed by atoms with E-state index in [-0.39, 0.29) is 30.3 Å². The van der Waals surface area contributed by atoms with E-state index in [1.54, 1.807) is 48.5 Å². The normalized spacial score (nSPS) is 28.3. The minimum absolute atomic E-state index is 0.253. The molecule has 238 valence electrons. The summed E-state index contributed by atoms with van der Waals surface area (Å²) in [6, 6.07) is -2.47. The molecule has 1 saturated heterocycles. The van der Waals surface area contributed by atoms with Crippen molar-refractivity contribution in [2.75, 3.05) is 6.54 Å². The summed E-state index contributed by atoms with van der Waals surface area (Å²) in [5.74, 6) is -2.05. The smallest absolute Gasteiger partial charge is 0.408 e. The topological polar surface area (TPSA) is 154 Å². The molecule has 3 aliphatic rings. The van der Waals surface area contributed by atoms with Crippen molar-refractivity contribution < 1.29 is 32.3 Å². The molecule has 2 fully saturated rings. The maximum atomic E-state index is 13.7. The zero-order valence-corrected chi connectivity index (χ0v) is 26.9. The summed E-state index contributed by atoms with van der Waals surface area (Å²) in [6.45, 7) is 12.5. The Kier molecular flexibility index (Phi) is 10.7. The lowest BCUT2D eigenvalue weighted by molar-refractivity contribution is -0.141. The molecule has 3 N–H and O–H groups in total. The van der Waals surface area contributed by atoms with Gasteiger partial charge in [0.25, 0.3) is 5.91 Å². The van der Waals surface area contributed by atoms with Crippen molar-refractivity contribution in [1.29, 1.82) is 0 Å². The number of hydrogen-bond donors (Lipinski definition) is 3. The van der Waals surface area contributed by atoms with Crippen LogP contribution in [-0.2, 0) is 29.3 Å². The zero-order valence-electron chi connectivity index (χ0n) is 26.1. The van der Waals surface area contributed by atoms with Gasteiger partial charge in [0.2, 0.25) is 11.8 Å². The van der Waals surface area contributed by atoms with Crippen LogP contribution in [0.25, 0.3) is 0 Å². The van der Waals surface area contributed by atoms with Crippen molar-refractivity contribution in [1.82, 2.24) is 24.6 Å². The lowest BCUT2D eigenvalue weighted by Gasteiger charge is -2.32. The predicted octanol–water partition coefficient (Wildman–Crippen LogP) is 2.75. The fourth-order valence-corrected chi connectivity index (χ4v) is 7.59. The highest BCUT2D eigenvalue weighted by Gasteiger charge is 2.61. The van der Waals surface area contributed by atoms with Crippen LogP contribution in [0.5, 0.6) is 0 Å². The molecular formula is C29H49N5O7S. The summed E-state index contributed by atoms with van der Waals surface area (Å²) < 4.78 is 35.2. The molecule has 12 nitrogen and oxygen atoms in total. The van der Waals surface area contributed by atoms with E-state index < -0.39 is 51.3 Å². The van der Waals surface area contributed by atoms with E-state index in [2.05, 4.69) is 15.4 Å². The Morgan fingerprint density at radius 3 is 2.36 bits per heavy atom. The summed E-state index contributed by atoms with van der Waals surface area (Å²) in [5.41, 5.74) is -2.17. The highest BCUT2D eigenvalue weighted by Crippen LogP contribution is 2.45. The van der Waals surface area contributed by atoms with Gasteiger partial charge in [-0.3, -0.25) is 14.4 Å². The fraction of sp³-hybridized carbons (Fsp3) is 0.793. The van der Waals surface area contributed by atoms with Crippen LogP contribution in [0.15, 0.2) is 12.2 Å². The number of nitrogens with one attached hydrogen (secondary N) is 3. The Bertz CT molecular complexity index is 1160. The highest BCUT2D eigenvalue weighted by molar-refractivity contribution is 7.87. The number of fused-ring (bicyclic) bond motifs is 2. The third-order valence-electron chi connectivity index (χ3n) is 7.84. The molecule has 1 aliphatic carbocycles. The van der Waals surface area contributed by atoms with E-state index in [0.29, 0.717) is 32.2 Å². The first kappa shape index (κ1) is 33.8. The van der Waals surface area contributed by atoms with Crippen LogP contribution in [0.4, 0.5) is 4.79 Å². The number of carbonyl (C=O) groups excluding carboxylic acids is 4. The number of allylic oxidation sites excluding steroid dienone is 1.